The van der Waals surface area contributed by atoms with Gasteiger partial charge >= 0.3 is 0 Å². The van der Waals surface area contributed by atoms with Gasteiger partial charge in [-0.15, -0.1) is 0 Å². The van der Waals surface area contributed by atoms with Gasteiger partial charge in [-0.3, -0.25) is 0 Å². The van der Waals surface area contributed by atoms with Gasteiger partial charge in [-0.05, 0) is 40.3 Å². The van der Waals surface area contributed by atoms with Crippen LogP contribution in [0.2, 0.25) is 0 Å². The summed E-state index contributed by atoms with van der Waals surface area (Å²) in [7, 11) is 2.16. The van der Waals surface area contributed by atoms with Gasteiger partial charge in [-0.2, -0.15) is 0 Å². The first-order valence-electron chi connectivity index (χ1n) is 3.66. The summed E-state index contributed by atoms with van der Waals surface area (Å²) in [6.45, 7) is 7.73. The van der Waals surface area contributed by atoms with Crippen LogP contribution >= 0.6 is 0 Å². The van der Waals surface area contributed by atoms with Gasteiger partial charge in [0, 0.05) is 6.04 Å². The topological polar surface area (TPSA) is 3.24 Å². The third kappa shape index (κ3) is 4.46. The van der Waals surface area contributed by atoms with Crippen LogP contribution in [0.15, 0.2) is 0 Å². The van der Waals surface area contributed by atoms with Crippen molar-refractivity contribution < 1.29 is 0 Å². The van der Waals surface area contributed by atoms with E-state index in [1.165, 1.54) is 13.0 Å². The Morgan fingerprint density at radius 2 is 2.00 bits per heavy atom. The second-order valence-electron chi connectivity index (χ2n) is 2.77. The van der Waals surface area contributed by atoms with Gasteiger partial charge in [0.1, 0.15) is 0 Å². The van der Waals surface area contributed by atoms with Crippen molar-refractivity contribution >= 4 is 0 Å². The second-order valence-corrected chi connectivity index (χ2v) is 2.77. The maximum Gasteiger partial charge on any atom is 0.00355 e. The number of hydrogen-bond donors (Lipinski definition) is 0. The van der Waals surface area contributed by atoms with Gasteiger partial charge in [-0.25, -0.2) is 0 Å². The number of unbranched alkanes of at least 4 members (excludes halogenated alkanes) is 1. The molecular formula is C8H18N. The summed E-state index contributed by atoms with van der Waals surface area (Å²) in [5.41, 5.74) is 0. The van der Waals surface area contributed by atoms with Crippen molar-refractivity contribution in [3.63, 3.8) is 0 Å². The van der Waals surface area contributed by atoms with E-state index >= 15 is 0 Å². The highest BCUT2D eigenvalue weighted by molar-refractivity contribution is 4.62. The molecule has 0 saturated carbocycles. The molecule has 0 unspecified atom stereocenters. The van der Waals surface area contributed by atoms with Crippen molar-refractivity contribution in [2.45, 2.75) is 33.2 Å². The van der Waals surface area contributed by atoms with E-state index in [0.717, 1.165) is 0 Å². The lowest BCUT2D eigenvalue weighted by Crippen LogP contribution is -2.27. The molecule has 0 aromatic rings. The minimum Gasteiger partial charge on any atom is -0.304 e. The first-order chi connectivity index (χ1) is 4.18. The Morgan fingerprint density at radius 1 is 1.44 bits per heavy atom. The lowest BCUT2D eigenvalue weighted by molar-refractivity contribution is 0.277. The SMILES string of the molecule is C[CH]CCN(C)C(C)C. The van der Waals surface area contributed by atoms with Crippen LogP contribution < -0.4 is 0 Å². The summed E-state index contributed by atoms with van der Waals surface area (Å²) >= 11 is 0. The first-order valence-corrected chi connectivity index (χ1v) is 3.66. The Bertz CT molecular complexity index is 59.6. The average molecular weight is 128 g/mol. The fraction of sp³-hybridized carbons (Fsp3) is 0.875. The molecule has 0 bridgehead atoms. The van der Waals surface area contributed by atoms with Gasteiger partial charge < -0.3 is 4.90 Å². The number of nitrogens with zero attached hydrogens (tertiary/aromatic N) is 1. The van der Waals surface area contributed by atoms with E-state index in [9.17, 15) is 0 Å². The molecule has 0 N–H and O–H groups in total. The second kappa shape index (κ2) is 4.80. The van der Waals surface area contributed by atoms with E-state index in [0.29, 0.717) is 6.04 Å². The highest BCUT2D eigenvalue weighted by Gasteiger charge is 1.99. The monoisotopic (exact) mass is 128 g/mol. The average Bonchev–Trinajstić information content (AvgIpc) is 1.82. The van der Waals surface area contributed by atoms with Crippen LogP contribution in [0.1, 0.15) is 27.2 Å². The van der Waals surface area contributed by atoms with Crippen LogP contribution in [-0.2, 0) is 0 Å². The Hall–Kier alpha value is -0.0400. The van der Waals surface area contributed by atoms with Gasteiger partial charge in [0.25, 0.3) is 0 Å². The van der Waals surface area contributed by atoms with Crippen molar-refractivity contribution in [1.29, 1.82) is 0 Å². The Morgan fingerprint density at radius 3 is 2.33 bits per heavy atom. The molecule has 0 aliphatic heterocycles. The largest absolute Gasteiger partial charge is 0.304 e. The summed E-state index contributed by atoms with van der Waals surface area (Å²) in [4.78, 5) is 2.35. The number of hydrogen-bond acceptors (Lipinski definition) is 1. The summed E-state index contributed by atoms with van der Waals surface area (Å²) in [6.07, 6.45) is 3.41. The van der Waals surface area contributed by atoms with E-state index in [2.05, 4.69) is 39.1 Å². The molecule has 9 heavy (non-hydrogen) atoms. The molecule has 0 aliphatic rings. The summed E-state index contributed by atoms with van der Waals surface area (Å²) < 4.78 is 0. The van der Waals surface area contributed by atoms with Crippen LogP contribution in [0.25, 0.3) is 0 Å². The van der Waals surface area contributed by atoms with Gasteiger partial charge in [0.15, 0.2) is 0 Å². The highest BCUT2D eigenvalue weighted by Crippen LogP contribution is 1.95. The van der Waals surface area contributed by atoms with Crippen molar-refractivity contribution in [1.82, 2.24) is 4.90 Å². The Balaban J connectivity index is 3.16. The van der Waals surface area contributed by atoms with Crippen LogP contribution in [0.5, 0.6) is 0 Å². The van der Waals surface area contributed by atoms with Crippen molar-refractivity contribution in [2.24, 2.45) is 0 Å². The normalized spacial score (nSPS) is 11.3. The zero-order chi connectivity index (χ0) is 7.28. The molecule has 0 spiro atoms. The van der Waals surface area contributed by atoms with E-state index in [-0.39, 0.29) is 0 Å². The minimum atomic E-state index is 0.685. The van der Waals surface area contributed by atoms with Crippen molar-refractivity contribution in [2.75, 3.05) is 13.6 Å². The summed E-state index contributed by atoms with van der Waals surface area (Å²) in [5, 5.41) is 0. The van der Waals surface area contributed by atoms with Crippen LogP contribution in [0.3, 0.4) is 0 Å². The standard InChI is InChI=1S/C8H18N/c1-5-6-7-9(4)8(2)3/h5,8H,6-7H2,1-4H3. The highest BCUT2D eigenvalue weighted by atomic mass is 15.1. The zero-order valence-corrected chi connectivity index (χ0v) is 7.02. The molecule has 0 aromatic heterocycles. The first kappa shape index (κ1) is 8.96. The molecular weight excluding hydrogens is 110 g/mol. The van der Waals surface area contributed by atoms with E-state index in [1.807, 2.05) is 0 Å². The molecule has 1 radical (unpaired) electrons. The van der Waals surface area contributed by atoms with Gasteiger partial charge in [0.05, 0.1) is 0 Å². The predicted molar refractivity (Wildman–Crippen MR) is 42.4 cm³/mol. The van der Waals surface area contributed by atoms with E-state index < -0.39 is 0 Å². The molecule has 0 fully saturated rings. The third-order valence-corrected chi connectivity index (χ3v) is 1.65. The summed E-state index contributed by atoms with van der Waals surface area (Å²) in [5.74, 6) is 0. The van der Waals surface area contributed by atoms with E-state index in [1.54, 1.807) is 0 Å². The maximum atomic E-state index is 2.35. The molecule has 55 valence electrons. The van der Waals surface area contributed by atoms with Gasteiger partial charge in [0.2, 0.25) is 0 Å². The fourth-order valence-corrected chi connectivity index (χ4v) is 0.591. The smallest absolute Gasteiger partial charge is 0.00355 e. The molecule has 0 amide bonds. The Kier molecular flexibility index (Phi) is 4.78. The lowest BCUT2D eigenvalue weighted by atomic mass is 10.3. The molecule has 0 aromatic carbocycles. The zero-order valence-electron chi connectivity index (χ0n) is 7.02. The van der Waals surface area contributed by atoms with Crippen LogP contribution in [0, 0.1) is 6.42 Å². The maximum absolute atomic E-state index is 2.35. The molecule has 0 rings (SSSR count). The minimum absolute atomic E-state index is 0.685. The molecule has 0 heterocycles. The number of rotatable bonds is 4. The van der Waals surface area contributed by atoms with Gasteiger partial charge in [-0.1, -0.05) is 6.92 Å². The quantitative estimate of drug-likeness (QED) is 0.559. The van der Waals surface area contributed by atoms with Crippen molar-refractivity contribution in [3.05, 3.63) is 6.42 Å². The summed E-state index contributed by atoms with van der Waals surface area (Å²) in [6, 6.07) is 0.685. The Labute approximate surface area is 59.1 Å². The van der Waals surface area contributed by atoms with Crippen LogP contribution in [0.4, 0.5) is 0 Å². The fourth-order valence-electron chi connectivity index (χ4n) is 0.591. The van der Waals surface area contributed by atoms with Crippen LogP contribution in [-0.4, -0.2) is 24.5 Å². The molecule has 1 heteroatoms. The molecule has 1 nitrogen and oxygen atoms in total. The lowest BCUT2D eigenvalue weighted by Gasteiger charge is -2.19. The predicted octanol–water partition coefficient (Wildman–Crippen LogP) is 1.94. The van der Waals surface area contributed by atoms with E-state index in [4.69, 9.17) is 0 Å². The molecule has 0 aliphatic carbocycles. The van der Waals surface area contributed by atoms with Crippen molar-refractivity contribution in [3.8, 4) is 0 Å². The molecule has 0 atom stereocenters. The molecule has 0 saturated heterocycles. The third-order valence-electron chi connectivity index (χ3n) is 1.65.